The molecule has 4 nitrogen and oxygen atoms in total. The lowest BCUT2D eigenvalue weighted by Gasteiger charge is -2.30. The second-order valence-corrected chi connectivity index (χ2v) is 6.35. The maximum atomic E-state index is 12.0. The number of likely N-dealkylation sites (tertiary alicyclic amines) is 1. The van der Waals surface area contributed by atoms with Crippen LogP contribution in [0.5, 0.6) is 0 Å². The zero-order chi connectivity index (χ0) is 15.2. The van der Waals surface area contributed by atoms with E-state index in [2.05, 4.69) is 22.1 Å². The lowest BCUT2D eigenvalue weighted by Crippen LogP contribution is -2.35. The molecule has 0 radical (unpaired) electrons. The van der Waals surface area contributed by atoms with Gasteiger partial charge >= 0.3 is 0 Å². The molecule has 0 aliphatic carbocycles. The molecule has 1 fully saturated rings. The Kier molecular flexibility index (Phi) is 6.00. The molecule has 0 aromatic carbocycles. The van der Waals surface area contributed by atoms with E-state index in [4.69, 9.17) is 11.6 Å². The maximum Gasteiger partial charge on any atom is 0.254 e. The molecule has 21 heavy (non-hydrogen) atoms. The van der Waals surface area contributed by atoms with E-state index in [0.29, 0.717) is 17.1 Å². The van der Waals surface area contributed by atoms with Gasteiger partial charge in [-0.3, -0.25) is 9.78 Å². The van der Waals surface area contributed by atoms with Gasteiger partial charge in [-0.2, -0.15) is 0 Å². The molecule has 1 aliphatic rings. The van der Waals surface area contributed by atoms with Crippen LogP contribution in [0.1, 0.15) is 42.2 Å². The number of hydrogen-bond acceptors (Lipinski definition) is 3. The molecule has 0 unspecified atom stereocenters. The summed E-state index contributed by atoms with van der Waals surface area (Å²) in [6, 6.07) is 1.71. The second kappa shape index (κ2) is 7.76. The zero-order valence-corrected chi connectivity index (χ0v) is 13.6. The standard InChI is InChI=1S/C16H24ClN3O/c1-12-4-8-20(9-5-12)7-3-6-18-16(21)14-11-19-13(2)10-15(14)17/h10-12H,3-9H2,1-2H3,(H,18,21). The molecule has 1 aromatic rings. The normalized spacial score (nSPS) is 16.9. The minimum atomic E-state index is -0.139. The molecule has 2 rings (SSSR count). The average Bonchev–Trinajstić information content (AvgIpc) is 2.45. The van der Waals surface area contributed by atoms with Crippen LogP contribution in [0.4, 0.5) is 0 Å². The molecule has 0 spiro atoms. The van der Waals surface area contributed by atoms with E-state index in [1.807, 2.05) is 6.92 Å². The van der Waals surface area contributed by atoms with E-state index in [1.165, 1.54) is 25.9 Å². The number of carbonyl (C=O) groups excluding carboxylic acids is 1. The lowest BCUT2D eigenvalue weighted by atomic mass is 9.99. The predicted octanol–water partition coefficient (Wildman–Crippen LogP) is 2.90. The van der Waals surface area contributed by atoms with Crippen LogP contribution in [0.15, 0.2) is 12.3 Å². The number of amides is 1. The van der Waals surface area contributed by atoms with Crippen molar-refractivity contribution in [1.29, 1.82) is 0 Å². The van der Waals surface area contributed by atoms with Crippen molar-refractivity contribution in [2.75, 3.05) is 26.2 Å². The molecule has 1 amide bonds. The summed E-state index contributed by atoms with van der Waals surface area (Å²) >= 11 is 6.06. The highest BCUT2D eigenvalue weighted by molar-refractivity contribution is 6.33. The minimum Gasteiger partial charge on any atom is -0.352 e. The number of piperidine rings is 1. The summed E-state index contributed by atoms with van der Waals surface area (Å²) in [4.78, 5) is 18.6. The van der Waals surface area contributed by atoms with Crippen molar-refractivity contribution in [2.45, 2.75) is 33.1 Å². The van der Waals surface area contributed by atoms with Crippen molar-refractivity contribution >= 4 is 17.5 Å². The Labute approximate surface area is 131 Å². The summed E-state index contributed by atoms with van der Waals surface area (Å²) in [7, 11) is 0. The van der Waals surface area contributed by atoms with Crippen LogP contribution >= 0.6 is 11.6 Å². The van der Waals surface area contributed by atoms with Crippen molar-refractivity contribution < 1.29 is 4.79 Å². The molecule has 116 valence electrons. The van der Waals surface area contributed by atoms with Gasteiger partial charge in [-0.15, -0.1) is 0 Å². The fourth-order valence-electron chi connectivity index (χ4n) is 2.58. The van der Waals surface area contributed by atoms with Crippen LogP contribution in [0.3, 0.4) is 0 Å². The summed E-state index contributed by atoms with van der Waals surface area (Å²) in [5.74, 6) is 0.719. The number of aromatic nitrogens is 1. The average molecular weight is 310 g/mol. The number of carbonyl (C=O) groups is 1. The van der Waals surface area contributed by atoms with Crippen molar-refractivity contribution in [3.8, 4) is 0 Å². The first-order chi connectivity index (χ1) is 10.1. The third-order valence-corrected chi connectivity index (χ3v) is 4.36. The van der Waals surface area contributed by atoms with Gasteiger partial charge in [0, 0.05) is 18.4 Å². The van der Waals surface area contributed by atoms with Gasteiger partial charge in [0.25, 0.3) is 5.91 Å². The Hall–Kier alpha value is -1.13. The number of aryl methyl sites for hydroxylation is 1. The van der Waals surface area contributed by atoms with E-state index in [1.54, 1.807) is 12.3 Å². The summed E-state index contributed by atoms with van der Waals surface area (Å²) < 4.78 is 0. The molecular formula is C16H24ClN3O. The summed E-state index contributed by atoms with van der Waals surface area (Å²) in [5, 5.41) is 3.38. The third kappa shape index (κ3) is 4.97. The molecule has 2 heterocycles. The topological polar surface area (TPSA) is 45.2 Å². The fourth-order valence-corrected chi connectivity index (χ4v) is 2.87. The quantitative estimate of drug-likeness (QED) is 0.851. The highest BCUT2D eigenvalue weighted by atomic mass is 35.5. The van der Waals surface area contributed by atoms with Gasteiger partial charge in [-0.05, 0) is 57.8 Å². The maximum absolute atomic E-state index is 12.0. The van der Waals surface area contributed by atoms with Gasteiger partial charge in [0.05, 0.1) is 10.6 Å². The van der Waals surface area contributed by atoms with Crippen molar-refractivity contribution in [1.82, 2.24) is 15.2 Å². The Morgan fingerprint density at radius 2 is 2.19 bits per heavy atom. The van der Waals surface area contributed by atoms with Crippen molar-refractivity contribution in [2.24, 2.45) is 5.92 Å². The van der Waals surface area contributed by atoms with Gasteiger partial charge < -0.3 is 10.2 Å². The minimum absolute atomic E-state index is 0.139. The fraction of sp³-hybridized carbons (Fsp3) is 0.625. The second-order valence-electron chi connectivity index (χ2n) is 5.94. The van der Waals surface area contributed by atoms with Crippen LogP contribution in [0.25, 0.3) is 0 Å². The Bertz CT molecular complexity index is 484. The number of pyridine rings is 1. The lowest BCUT2D eigenvalue weighted by molar-refractivity contribution is 0.0950. The third-order valence-electron chi connectivity index (χ3n) is 4.05. The van der Waals surface area contributed by atoms with Gasteiger partial charge in [-0.25, -0.2) is 0 Å². The molecule has 1 aliphatic heterocycles. The van der Waals surface area contributed by atoms with Crippen molar-refractivity contribution in [3.63, 3.8) is 0 Å². The summed E-state index contributed by atoms with van der Waals surface area (Å²) in [6.07, 6.45) is 5.09. The zero-order valence-electron chi connectivity index (χ0n) is 12.9. The molecule has 5 heteroatoms. The monoisotopic (exact) mass is 309 g/mol. The number of halogens is 1. The van der Waals surface area contributed by atoms with Crippen LogP contribution in [0, 0.1) is 12.8 Å². The molecule has 0 saturated carbocycles. The molecule has 1 saturated heterocycles. The molecule has 1 N–H and O–H groups in total. The Balaban J connectivity index is 1.69. The highest BCUT2D eigenvalue weighted by Crippen LogP contribution is 2.16. The largest absolute Gasteiger partial charge is 0.352 e. The first-order valence-corrected chi connectivity index (χ1v) is 8.06. The predicted molar refractivity (Wildman–Crippen MR) is 85.8 cm³/mol. The number of nitrogens with zero attached hydrogens (tertiary/aromatic N) is 2. The van der Waals surface area contributed by atoms with Crippen LogP contribution in [0.2, 0.25) is 5.02 Å². The highest BCUT2D eigenvalue weighted by Gasteiger charge is 2.15. The summed E-state index contributed by atoms with van der Waals surface area (Å²) in [6.45, 7) is 8.26. The van der Waals surface area contributed by atoms with Crippen LogP contribution < -0.4 is 5.32 Å². The van der Waals surface area contributed by atoms with Gasteiger partial charge in [-0.1, -0.05) is 18.5 Å². The molecular weight excluding hydrogens is 286 g/mol. The Morgan fingerprint density at radius 3 is 2.86 bits per heavy atom. The SMILES string of the molecule is Cc1cc(Cl)c(C(=O)NCCCN2CCC(C)CC2)cn1. The summed E-state index contributed by atoms with van der Waals surface area (Å²) in [5.41, 5.74) is 1.27. The smallest absolute Gasteiger partial charge is 0.254 e. The van der Waals surface area contributed by atoms with E-state index in [0.717, 1.165) is 24.6 Å². The van der Waals surface area contributed by atoms with E-state index in [9.17, 15) is 4.79 Å². The number of rotatable bonds is 5. The molecule has 1 aromatic heterocycles. The molecule has 0 bridgehead atoms. The molecule has 0 atom stereocenters. The van der Waals surface area contributed by atoms with Gasteiger partial charge in [0.1, 0.15) is 0 Å². The van der Waals surface area contributed by atoms with Gasteiger partial charge in [0.15, 0.2) is 0 Å². The number of nitrogens with one attached hydrogen (secondary N) is 1. The van der Waals surface area contributed by atoms with E-state index in [-0.39, 0.29) is 5.91 Å². The first-order valence-electron chi connectivity index (χ1n) is 7.69. The van der Waals surface area contributed by atoms with Crippen LogP contribution in [-0.2, 0) is 0 Å². The Morgan fingerprint density at radius 1 is 1.48 bits per heavy atom. The van der Waals surface area contributed by atoms with Crippen LogP contribution in [-0.4, -0.2) is 42.0 Å². The van der Waals surface area contributed by atoms with Gasteiger partial charge in [0.2, 0.25) is 0 Å². The number of hydrogen-bond donors (Lipinski definition) is 1. The van der Waals surface area contributed by atoms with Crippen molar-refractivity contribution in [3.05, 3.63) is 28.5 Å². The van der Waals surface area contributed by atoms with E-state index >= 15 is 0 Å². The first kappa shape index (κ1) is 16.2. The van der Waals surface area contributed by atoms with E-state index < -0.39 is 0 Å².